The van der Waals surface area contributed by atoms with Crippen LogP contribution in [0.5, 0.6) is 5.75 Å². The molecule has 0 atom stereocenters. The van der Waals surface area contributed by atoms with Gasteiger partial charge in [0.1, 0.15) is 12.3 Å². The topological polar surface area (TPSA) is 117 Å². The van der Waals surface area contributed by atoms with Gasteiger partial charge in [0.05, 0.1) is 13.7 Å². The third kappa shape index (κ3) is 6.81. The number of carbonyl (C=O) groups is 3. The summed E-state index contributed by atoms with van der Waals surface area (Å²) in [4.78, 5) is 32.9. The first-order chi connectivity index (χ1) is 10.0. The van der Waals surface area contributed by atoms with Crippen LogP contribution in [0.1, 0.15) is 5.56 Å². The molecule has 4 N–H and O–H groups in total. The average Bonchev–Trinajstić information content (AvgIpc) is 2.49. The predicted molar refractivity (Wildman–Crippen MR) is 73.9 cm³/mol. The number of carboxylic acids is 1. The van der Waals surface area contributed by atoms with E-state index in [9.17, 15) is 14.4 Å². The Kier molecular flexibility index (Phi) is 6.52. The zero-order valence-electron chi connectivity index (χ0n) is 11.5. The number of amides is 3. The van der Waals surface area contributed by atoms with Gasteiger partial charge < -0.3 is 25.8 Å². The number of hydrogen-bond donors (Lipinski definition) is 4. The second-order valence-electron chi connectivity index (χ2n) is 4.06. The van der Waals surface area contributed by atoms with Crippen LogP contribution < -0.4 is 20.7 Å². The molecule has 1 rings (SSSR count). The van der Waals surface area contributed by atoms with E-state index in [0.29, 0.717) is 5.75 Å². The van der Waals surface area contributed by atoms with Gasteiger partial charge in [-0.1, -0.05) is 12.1 Å². The summed E-state index contributed by atoms with van der Waals surface area (Å²) < 4.78 is 5.06. The first-order valence-electron chi connectivity index (χ1n) is 6.14. The van der Waals surface area contributed by atoms with Crippen molar-refractivity contribution in [3.05, 3.63) is 29.8 Å². The van der Waals surface area contributed by atoms with Crippen LogP contribution in [0.4, 0.5) is 4.79 Å². The summed E-state index contributed by atoms with van der Waals surface area (Å²) in [6, 6.07) is 6.66. The van der Waals surface area contributed by atoms with Crippen LogP contribution in [-0.4, -0.2) is 43.2 Å². The molecule has 8 heteroatoms. The van der Waals surface area contributed by atoms with Gasteiger partial charge in [-0.2, -0.15) is 0 Å². The van der Waals surface area contributed by atoms with Crippen molar-refractivity contribution in [1.29, 1.82) is 0 Å². The van der Waals surface area contributed by atoms with E-state index in [1.165, 1.54) is 0 Å². The van der Waals surface area contributed by atoms with Gasteiger partial charge in [-0.05, 0) is 17.7 Å². The van der Waals surface area contributed by atoms with Crippen molar-refractivity contribution >= 4 is 17.9 Å². The van der Waals surface area contributed by atoms with Crippen molar-refractivity contribution in [2.24, 2.45) is 0 Å². The van der Waals surface area contributed by atoms with Crippen LogP contribution in [0.15, 0.2) is 24.3 Å². The summed E-state index contributed by atoms with van der Waals surface area (Å²) in [5.41, 5.74) is 0.847. The summed E-state index contributed by atoms with van der Waals surface area (Å²) in [7, 11) is 1.55. The number of carbonyl (C=O) groups excluding carboxylic acids is 2. The van der Waals surface area contributed by atoms with E-state index in [0.717, 1.165) is 5.56 Å². The van der Waals surface area contributed by atoms with E-state index in [2.05, 4.69) is 16.0 Å². The standard InChI is InChI=1S/C13H17N3O5/c1-21-10-4-2-3-9(5-10)6-15-13(20)16-7-11(17)14-8-12(18)19/h2-5H,6-8H2,1H3,(H,14,17)(H,18,19)(H2,15,16,20). The fourth-order valence-electron chi connectivity index (χ4n) is 1.42. The molecule has 8 nitrogen and oxygen atoms in total. The van der Waals surface area contributed by atoms with Crippen molar-refractivity contribution < 1.29 is 24.2 Å². The lowest BCUT2D eigenvalue weighted by Crippen LogP contribution is -2.42. The first-order valence-corrected chi connectivity index (χ1v) is 6.14. The maximum Gasteiger partial charge on any atom is 0.322 e. The van der Waals surface area contributed by atoms with Gasteiger partial charge in [0.25, 0.3) is 0 Å². The number of aliphatic carboxylic acids is 1. The zero-order valence-corrected chi connectivity index (χ0v) is 11.5. The average molecular weight is 295 g/mol. The van der Waals surface area contributed by atoms with Crippen molar-refractivity contribution in [2.45, 2.75) is 6.54 Å². The van der Waals surface area contributed by atoms with Crippen LogP contribution in [0, 0.1) is 0 Å². The second-order valence-corrected chi connectivity index (χ2v) is 4.06. The monoisotopic (exact) mass is 295 g/mol. The Hall–Kier alpha value is -2.77. The number of ether oxygens (including phenoxy) is 1. The van der Waals surface area contributed by atoms with Gasteiger partial charge in [-0.25, -0.2) is 4.79 Å². The molecule has 0 fully saturated rings. The Labute approximate surface area is 121 Å². The minimum Gasteiger partial charge on any atom is -0.497 e. The molecule has 0 saturated heterocycles. The summed E-state index contributed by atoms with van der Waals surface area (Å²) in [5.74, 6) is -1.04. The minimum atomic E-state index is -1.15. The van der Waals surface area contributed by atoms with E-state index >= 15 is 0 Å². The van der Waals surface area contributed by atoms with Crippen LogP contribution in [0.3, 0.4) is 0 Å². The van der Waals surface area contributed by atoms with Crippen LogP contribution >= 0.6 is 0 Å². The van der Waals surface area contributed by atoms with Gasteiger partial charge in [-0.15, -0.1) is 0 Å². The third-order valence-corrected chi connectivity index (χ3v) is 2.43. The highest BCUT2D eigenvalue weighted by Crippen LogP contribution is 2.11. The molecule has 114 valence electrons. The van der Waals surface area contributed by atoms with E-state index in [-0.39, 0.29) is 13.1 Å². The highest BCUT2D eigenvalue weighted by Gasteiger charge is 2.06. The molecule has 21 heavy (non-hydrogen) atoms. The number of rotatable bonds is 7. The third-order valence-electron chi connectivity index (χ3n) is 2.43. The lowest BCUT2D eigenvalue weighted by molar-refractivity contribution is -0.137. The van der Waals surface area contributed by atoms with E-state index in [1.807, 2.05) is 6.07 Å². The number of urea groups is 1. The van der Waals surface area contributed by atoms with Crippen molar-refractivity contribution in [3.8, 4) is 5.75 Å². The van der Waals surface area contributed by atoms with Gasteiger partial charge in [0.15, 0.2) is 0 Å². The molecule has 3 amide bonds. The molecule has 1 aromatic rings. The van der Waals surface area contributed by atoms with Crippen molar-refractivity contribution in [1.82, 2.24) is 16.0 Å². The number of nitrogens with one attached hydrogen (secondary N) is 3. The summed E-state index contributed by atoms with van der Waals surface area (Å²) in [6.07, 6.45) is 0. The lowest BCUT2D eigenvalue weighted by atomic mass is 10.2. The van der Waals surface area contributed by atoms with Gasteiger partial charge in [0, 0.05) is 6.54 Å². The number of methoxy groups -OCH3 is 1. The predicted octanol–water partition coefficient (Wildman–Crippen LogP) is -0.305. The largest absolute Gasteiger partial charge is 0.497 e. The molecule has 0 heterocycles. The molecule has 1 aromatic carbocycles. The summed E-state index contributed by atoms with van der Waals surface area (Å²) in [6.45, 7) is -0.497. The maximum atomic E-state index is 11.5. The van der Waals surface area contributed by atoms with Crippen molar-refractivity contribution in [2.75, 3.05) is 20.2 Å². The molecule has 0 bridgehead atoms. The van der Waals surface area contributed by atoms with Crippen molar-refractivity contribution in [3.63, 3.8) is 0 Å². The Morgan fingerprint density at radius 2 is 1.90 bits per heavy atom. The Morgan fingerprint density at radius 1 is 1.14 bits per heavy atom. The second kappa shape index (κ2) is 8.41. The Morgan fingerprint density at radius 3 is 2.57 bits per heavy atom. The van der Waals surface area contributed by atoms with Crippen LogP contribution in [0.2, 0.25) is 0 Å². The van der Waals surface area contributed by atoms with Crippen LogP contribution in [-0.2, 0) is 16.1 Å². The molecule has 0 aliphatic rings. The zero-order chi connectivity index (χ0) is 15.7. The maximum absolute atomic E-state index is 11.5. The van der Waals surface area contributed by atoms with Gasteiger partial charge >= 0.3 is 12.0 Å². The first kappa shape index (κ1) is 16.3. The Balaban J connectivity index is 2.27. The highest BCUT2D eigenvalue weighted by atomic mass is 16.5. The van der Waals surface area contributed by atoms with Gasteiger partial charge in [-0.3, -0.25) is 9.59 Å². The van der Waals surface area contributed by atoms with E-state index in [1.54, 1.807) is 25.3 Å². The lowest BCUT2D eigenvalue weighted by Gasteiger charge is -2.08. The summed E-state index contributed by atoms with van der Waals surface area (Å²) >= 11 is 0. The fraction of sp³-hybridized carbons (Fsp3) is 0.308. The fourth-order valence-corrected chi connectivity index (χ4v) is 1.42. The van der Waals surface area contributed by atoms with E-state index < -0.39 is 24.5 Å². The van der Waals surface area contributed by atoms with Gasteiger partial charge in [0.2, 0.25) is 5.91 Å². The molecule has 0 aliphatic heterocycles. The van der Waals surface area contributed by atoms with Crippen LogP contribution in [0.25, 0.3) is 0 Å². The normalized spacial score (nSPS) is 9.57. The molecule has 0 unspecified atom stereocenters. The van der Waals surface area contributed by atoms with E-state index in [4.69, 9.17) is 9.84 Å². The SMILES string of the molecule is COc1cccc(CNC(=O)NCC(=O)NCC(=O)O)c1. The number of benzene rings is 1. The minimum absolute atomic E-state index is 0.278. The number of carboxylic acid groups (broad SMARTS) is 1. The molecule has 0 radical (unpaired) electrons. The summed E-state index contributed by atoms with van der Waals surface area (Å²) in [5, 5.41) is 15.4. The highest BCUT2D eigenvalue weighted by molar-refractivity contribution is 5.86. The molecular weight excluding hydrogens is 278 g/mol. The smallest absolute Gasteiger partial charge is 0.322 e. The molecule has 0 aliphatic carbocycles. The molecule has 0 aromatic heterocycles. The number of hydrogen-bond acceptors (Lipinski definition) is 4. The molecular formula is C13H17N3O5. The Bertz CT molecular complexity index is 518. The molecule has 0 spiro atoms. The quantitative estimate of drug-likeness (QED) is 0.551. The molecule has 0 saturated carbocycles.